The summed E-state index contributed by atoms with van der Waals surface area (Å²) in [6, 6.07) is 2.41. The fourth-order valence-corrected chi connectivity index (χ4v) is 3.58. The molecule has 0 bridgehead atoms. The van der Waals surface area contributed by atoms with Gasteiger partial charge in [-0.15, -0.1) is 0 Å². The third-order valence-corrected chi connectivity index (χ3v) is 5.14. The molecular weight excluding hydrogens is 254 g/mol. The molecular formula is C20H31N. The summed E-state index contributed by atoms with van der Waals surface area (Å²) < 4.78 is 0. The van der Waals surface area contributed by atoms with Gasteiger partial charge in [0.05, 0.1) is 0 Å². The van der Waals surface area contributed by atoms with Gasteiger partial charge in [0.2, 0.25) is 0 Å². The fraction of sp³-hybridized carbons (Fsp3) is 0.600. The zero-order valence-corrected chi connectivity index (χ0v) is 14.5. The molecule has 1 fully saturated rings. The van der Waals surface area contributed by atoms with Crippen molar-refractivity contribution in [3.05, 3.63) is 40.0 Å². The predicted octanol–water partition coefficient (Wildman–Crippen LogP) is 5.13. The van der Waals surface area contributed by atoms with Crippen LogP contribution in [-0.4, -0.2) is 18.0 Å². The van der Waals surface area contributed by atoms with Crippen LogP contribution in [0.15, 0.2) is 12.1 Å². The summed E-state index contributed by atoms with van der Waals surface area (Å²) in [6.45, 7) is 14.9. The van der Waals surface area contributed by atoms with E-state index in [0.717, 1.165) is 18.9 Å². The van der Waals surface area contributed by atoms with Crippen molar-refractivity contribution in [3.8, 4) is 0 Å². The van der Waals surface area contributed by atoms with Crippen molar-refractivity contribution in [2.75, 3.05) is 13.1 Å². The molecule has 0 aromatic heterocycles. The SMILES string of the molecule is C/C=C\c1c(C)c(C)cc(CC)c1CN1CCC(CC)C1. The lowest BCUT2D eigenvalue weighted by Gasteiger charge is -2.22. The molecule has 1 aromatic carbocycles. The Morgan fingerprint density at radius 1 is 1.29 bits per heavy atom. The number of aryl methyl sites for hydroxylation is 2. The Bertz CT molecular complexity index is 513. The Morgan fingerprint density at radius 2 is 2.05 bits per heavy atom. The van der Waals surface area contributed by atoms with Gasteiger partial charge in [-0.05, 0) is 73.9 Å². The molecule has 2 rings (SSSR count). The van der Waals surface area contributed by atoms with Crippen LogP contribution in [0.25, 0.3) is 6.08 Å². The zero-order valence-electron chi connectivity index (χ0n) is 14.5. The van der Waals surface area contributed by atoms with Gasteiger partial charge in [-0.1, -0.05) is 38.5 Å². The summed E-state index contributed by atoms with van der Waals surface area (Å²) in [4.78, 5) is 2.66. The first-order chi connectivity index (χ1) is 10.1. The van der Waals surface area contributed by atoms with E-state index in [9.17, 15) is 0 Å². The molecule has 116 valence electrons. The van der Waals surface area contributed by atoms with E-state index in [0.29, 0.717) is 0 Å². The Hall–Kier alpha value is -1.08. The molecule has 0 aliphatic carbocycles. The highest BCUT2D eigenvalue weighted by Crippen LogP contribution is 2.28. The van der Waals surface area contributed by atoms with E-state index in [1.54, 1.807) is 5.56 Å². The summed E-state index contributed by atoms with van der Waals surface area (Å²) in [5, 5.41) is 0. The summed E-state index contributed by atoms with van der Waals surface area (Å²) >= 11 is 0. The van der Waals surface area contributed by atoms with Crippen LogP contribution in [0.2, 0.25) is 0 Å². The lowest BCUT2D eigenvalue weighted by molar-refractivity contribution is 0.314. The second-order valence-electron chi connectivity index (χ2n) is 6.52. The lowest BCUT2D eigenvalue weighted by Crippen LogP contribution is -2.22. The van der Waals surface area contributed by atoms with E-state index in [1.807, 2.05) is 0 Å². The molecule has 1 aliphatic heterocycles. The van der Waals surface area contributed by atoms with Gasteiger partial charge in [0.1, 0.15) is 0 Å². The minimum absolute atomic E-state index is 0.909. The molecule has 0 spiro atoms. The van der Waals surface area contributed by atoms with E-state index < -0.39 is 0 Å². The van der Waals surface area contributed by atoms with E-state index in [1.165, 1.54) is 48.2 Å². The minimum atomic E-state index is 0.909. The standard InChI is InChI=1S/C20H31N/c1-6-9-19-16(5)15(4)12-18(8-3)20(19)14-21-11-10-17(7-2)13-21/h6,9,12,17H,7-8,10-11,13-14H2,1-5H3/b9-6-. The third-order valence-electron chi connectivity index (χ3n) is 5.14. The molecule has 1 heteroatoms. The Morgan fingerprint density at radius 3 is 2.62 bits per heavy atom. The van der Waals surface area contributed by atoms with Crippen molar-refractivity contribution in [2.24, 2.45) is 5.92 Å². The number of hydrogen-bond donors (Lipinski definition) is 0. The summed E-state index contributed by atoms with van der Waals surface area (Å²) in [5.74, 6) is 0.909. The number of benzene rings is 1. The molecule has 1 saturated heterocycles. The molecule has 1 aromatic rings. The number of nitrogens with zero attached hydrogens (tertiary/aromatic N) is 1. The molecule has 0 N–H and O–H groups in total. The predicted molar refractivity (Wildman–Crippen MR) is 93.7 cm³/mol. The van der Waals surface area contributed by atoms with E-state index in [2.05, 4.69) is 57.7 Å². The highest BCUT2D eigenvalue weighted by Gasteiger charge is 2.22. The van der Waals surface area contributed by atoms with Gasteiger partial charge in [-0.2, -0.15) is 0 Å². The second kappa shape index (κ2) is 7.26. The Balaban J connectivity index is 2.34. The van der Waals surface area contributed by atoms with Crippen LogP contribution in [-0.2, 0) is 13.0 Å². The number of rotatable bonds is 5. The number of hydrogen-bond acceptors (Lipinski definition) is 1. The highest BCUT2D eigenvalue weighted by atomic mass is 15.1. The van der Waals surface area contributed by atoms with Gasteiger partial charge in [0.25, 0.3) is 0 Å². The topological polar surface area (TPSA) is 3.24 Å². The molecule has 1 aliphatic rings. The van der Waals surface area contributed by atoms with Crippen LogP contribution in [0.4, 0.5) is 0 Å². The van der Waals surface area contributed by atoms with Crippen LogP contribution in [0.5, 0.6) is 0 Å². The van der Waals surface area contributed by atoms with Crippen LogP contribution >= 0.6 is 0 Å². The maximum atomic E-state index is 2.66. The average molecular weight is 285 g/mol. The van der Waals surface area contributed by atoms with Crippen molar-refractivity contribution in [1.29, 1.82) is 0 Å². The van der Waals surface area contributed by atoms with Gasteiger partial charge in [-0.25, -0.2) is 0 Å². The van der Waals surface area contributed by atoms with Crippen LogP contribution in [0.3, 0.4) is 0 Å². The molecule has 1 heterocycles. The van der Waals surface area contributed by atoms with Gasteiger partial charge in [-0.3, -0.25) is 4.90 Å². The van der Waals surface area contributed by atoms with Crippen molar-refractivity contribution >= 4 is 6.08 Å². The molecule has 21 heavy (non-hydrogen) atoms. The molecule has 1 nitrogen and oxygen atoms in total. The van der Waals surface area contributed by atoms with Gasteiger partial charge < -0.3 is 0 Å². The molecule has 1 unspecified atom stereocenters. The molecule has 0 amide bonds. The van der Waals surface area contributed by atoms with Crippen LogP contribution in [0, 0.1) is 19.8 Å². The number of allylic oxidation sites excluding steroid dienone is 1. The maximum Gasteiger partial charge on any atom is 0.0242 e. The van der Waals surface area contributed by atoms with Crippen LogP contribution < -0.4 is 0 Å². The van der Waals surface area contributed by atoms with Gasteiger partial charge in [0, 0.05) is 13.1 Å². The second-order valence-corrected chi connectivity index (χ2v) is 6.52. The van der Waals surface area contributed by atoms with E-state index in [-0.39, 0.29) is 0 Å². The van der Waals surface area contributed by atoms with Crippen molar-refractivity contribution in [2.45, 2.75) is 60.4 Å². The first-order valence-electron chi connectivity index (χ1n) is 8.57. The van der Waals surface area contributed by atoms with Gasteiger partial charge >= 0.3 is 0 Å². The Labute approximate surface area is 131 Å². The monoisotopic (exact) mass is 285 g/mol. The maximum absolute atomic E-state index is 2.66. The normalized spacial score (nSPS) is 19.8. The van der Waals surface area contributed by atoms with E-state index in [4.69, 9.17) is 0 Å². The van der Waals surface area contributed by atoms with Crippen molar-refractivity contribution < 1.29 is 0 Å². The number of likely N-dealkylation sites (tertiary alicyclic amines) is 1. The quantitative estimate of drug-likeness (QED) is 0.725. The third kappa shape index (κ3) is 3.58. The largest absolute Gasteiger partial charge is 0.299 e. The molecule has 1 atom stereocenters. The first-order valence-corrected chi connectivity index (χ1v) is 8.57. The smallest absolute Gasteiger partial charge is 0.0242 e. The first kappa shape index (κ1) is 16.3. The zero-order chi connectivity index (χ0) is 15.4. The minimum Gasteiger partial charge on any atom is -0.299 e. The Kier molecular flexibility index (Phi) is 5.64. The van der Waals surface area contributed by atoms with Gasteiger partial charge in [0.15, 0.2) is 0 Å². The molecule has 0 saturated carbocycles. The summed E-state index contributed by atoms with van der Waals surface area (Å²) in [6.07, 6.45) is 8.33. The summed E-state index contributed by atoms with van der Waals surface area (Å²) in [7, 11) is 0. The van der Waals surface area contributed by atoms with E-state index >= 15 is 0 Å². The van der Waals surface area contributed by atoms with Crippen molar-refractivity contribution in [3.63, 3.8) is 0 Å². The lowest BCUT2D eigenvalue weighted by atomic mass is 9.91. The highest BCUT2D eigenvalue weighted by molar-refractivity contribution is 5.62. The van der Waals surface area contributed by atoms with Crippen LogP contribution in [0.1, 0.15) is 61.4 Å². The average Bonchev–Trinajstić information content (AvgIpc) is 2.94. The van der Waals surface area contributed by atoms with Crippen molar-refractivity contribution in [1.82, 2.24) is 4.90 Å². The molecule has 0 radical (unpaired) electrons. The summed E-state index contributed by atoms with van der Waals surface area (Å²) in [5.41, 5.74) is 7.44. The fourth-order valence-electron chi connectivity index (χ4n) is 3.58.